The second-order valence-corrected chi connectivity index (χ2v) is 8.10. The highest BCUT2D eigenvalue weighted by Crippen LogP contribution is 2.18. The van der Waals surface area contributed by atoms with Gasteiger partial charge in [0.25, 0.3) is 0 Å². The highest BCUT2D eigenvalue weighted by atomic mass is 127. The molecule has 2 rings (SSSR count). The minimum absolute atomic E-state index is 0. The zero-order valence-corrected chi connectivity index (χ0v) is 19.9. The molecule has 0 spiro atoms. The molecule has 27 heavy (non-hydrogen) atoms. The van der Waals surface area contributed by atoms with E-state index in [1.807, 2.05) is 0 Å². The molecule has 0 bridgehead atoms. The molecule has 7 nitrogen and oxygen atoms in total. The van der Waals surface area contributed by atoms with Crippen LogP contribution in [0.4, 0.5) is 0 Å². The molecule has 0 aromatic heterocycles. The van der Waals surface area contributed by atoms with Crippen molar-refractivity contribution in [1.29, 1.82) is 0 Å². The number of halogens is 1. The first-order valence-electron chi connectivity index (χ1n) is 9.97. The number of hydrogen-bond donors (Lipinski definition) is 2. The van der Waals surface area contributed by atoms with E-state index in [0.717, 1.165) is 45.0 Å². The Morgan fingerprint density at radius 2 is 2.04 bits per heavy atom. The smallest absolute Gasteiger partial charge is 0.243 e. The number of nitrogens with zero attached hydrogens (tertiary/aromatic N) is 3. The van der Waals surface area contributed by atoms with Crippen molar-refractivity contribution in [3.63, 3.8) is 0 Å². The Bertz CT molecular complexity index is 481. The molecular formula is C19H38IN5O2. The van der Waals surface area contributed by atoms with Gasteiger partial charge in [-0.15, -0.1) is 24.0 Å². The SMILES string of the molecule is CC1CN(C(C)C)CC1NC(=NCC(=O)N(C)C)NCC1CCCCO1.I. The van der Waals surface area contributed by atoms with E-state index in [2.05, 4.69) is 41.3 Å². The predicted molar refractivity (Wildman–Crippen MR) is 121 cm³/mol. The van der Waals surface area contributed by atoms with E-state index in [-0.39, 0.29) is 42.5 Å². The maximum atomic E-state index is 11.9. The molecule has 2 N–H and O–H groups in total. The van der Waals surface area contributed by atoms with E-state index in [1.165, 1.54) is 6.42 Å². The van der Waals surface area contributed by atoms with Gasteiger partial charge in [0.2, 0.25) is 5.91 Å². The molecule has 3 atom stereocenters. The molecule has 0 saturated carbocycles. The molecule has 2 fully saturated rings. The minimum Gasteiger partial charge on any atom is -0.376 e. The standard InChI is InChI=1S/C19H37N5O2.HI/c1-14(2)24-12-15(3)17(13-24)22-19(21-11-18(25)23(4)5)20-10-16-8-6-7-9-26-16;/h14-17H,6-13H2,1-5H3,(H2,20,21,22);1H. The van der Waals surface area contributed by atoms with E-state index < -0.39 is 0 Å². The summed E-state index contributed by atoms with van der Waals surface area (Å²) in [6.45, 7) is 10.6. The Kier molecular flexibility index (Phi) is 10.9. The first-order chi connectivity index (χ1) is 12.4. The monoisotopic (exact) mass is 495 g/mol. The summed E-state index contributed by atoms with van der Waals surface area (Å²) in [7, 11) is 3.52. The molecule has 0 aromatic rings. The summed E-state index contributed by atoms with van der Waals surface area (Å²) in [5, 5.41) is 6.96. The summed E-state index contributed by atoms with van der Waals surface area (Å²) in [6, 6.07) is 0.883. The first-order valence-corrected chi connectivity index (χ1v) is 9.97. The number of likely N-dealkylation sites (tertiary alicyclic amines) is 1. The summed E-state index contributed by atoms with van der Waals surface area (Å²) >= 11 is 0. The normalized spacial score (nSPS) is 26.6. The van der Waals surface area contributed by atoms with Crippen molar-refractivity contribution in [2.45, 2.75) is 58.2 Å². The van der Waals surface area contributed by atoms with Gasteiger partial charge in [-0.3, -0.25) is 9.69 Å². The summed E-state index contributed by atoms with van der Waals surface area (Å²) in [5.74, 6) is 1.26. The van der Waals surface area contributed by atoms with Gasteiger partial charge in [0, 0.05) is 52.4 Å². The van der Waals surface area contributed by atoms with E-state index in [4.69, 9.17) is 4.74 Å². The van der Waals surface area contributed by atoms with Crippen LogP contribution in [-0.4, -0.2) is 86.7 Å². The van der Waals surface area contributed by atoms with E-state index in [1.54, 1.807) is 19.0 Å². The van der Waals surface area contributed by atoms with Crippen molar-refractivity contribution in [3.8, 4) is 0 Å². The van der Waals surface area contributed by atoms with E-state index in [0.29, 0.717) is 18.0 Å². The zero-order chi connectivity index (χ0) is 19.1. The summed E-state index contributed by atoms with van der Waals surface area (Å²) in [5.41, 5.74) is 0. The van der Waals surface area contributed by atoms with Gasteiger partial charge < -0.3 is 20.3 Å². The largest absolute Gasteiger partial charge is 0.376 e. The Morgan fingerprint density at radius 1 is 1.30 bits per heavy atom. The number of ether oxygens (including phenoxy) is 1. The maximum absolute atomic E-state index is 11.9. The second-order valence-electron chi connectivity index (χ2n) is 8.10. The molecule has 8 heteroatoms. The lowest BCUT2D eigenvalue weighted by atomic mass is 10.1. The summed E-state index contributed by atoms with van der Waals surface area (Å²) in [4.78, 5) is 20.5. The highest BCUT2D eigenvalue weighted by Gasteiger charge is 2.31. The zero-order valence-electron chi connectivity index (χ0n) is 17.5. The van der Waals surface area contributed by atoms with Gasteiger partial charge in [0.15, 0.2) is 5.96 Å². The second kappa shape index (κ2) is 12.1. The van der Waals surface area contributed by atoms with Crippen LogP contribution in [0.3, 0.4) is 0 Å². The number of carbonyl (C=O) groups is 1. The van der Waals surface area contributed by atoms with Gasteiger partial charge in [0.1, 0.15) is 6.54 Å². The molecule has 0 radical (unpaired) electrons. The Morgan fingerprint density at radius 3 is 2.59 bits per heavy atom. The van der Waals surface area contributed by atoms with Crippen molar-refractivity contribution in [3.05, 3.63) is 0 Å². The van der Waals surface area contributed by atoms with Crippen LogP contribution in [0.5, 0.6) is 0 Å². The summed E-state index contributed by atoms with van der Waals surface area (Å²) < 4.78 is 5.80. The van der Waals surface area contributed by atoms with Crippen LogP contribution in [0.15, 0.2) is 4.99 Å². The Hall–Kier alpha value is -0.610. The number of aliphatic imine (C=N–C) groups is 1. The number of hydrogen-bond acceptors (Lipinski definition) is 4. The van der Waals surface area contributed by atoms with Crippen LogP contribution in [-0.2, 0) is 9.53 Å². The predicted octanol–water partition coefficient (Wildman–Crippen LogP) is 1.53. The molecule has 2 saturated heterocycles. The quantitative estimate of drug-likeness (QED) is 0.333. The fourth-order valence-electron chi connectivity index (χ4n) is 3.41. The number of amides is 1. The van der Waals surface area contributed by atoms with E-state index >= 15 is 0 Å². The molecule has 1 amide bonds. The van der Waals surface area contributed by atoms with Gasteiger partial charge >= 0.3 is 0 Å². The molecule has 0 aromatic carbocycles. The number of carbonyl (C=O) groups excluding carboxylic acids is 1. The summed E-state index contributed by atoms with van der Waals surface area (Å²) in [6.07, 6.45) is 3.68. The van der Waals surface area contributed by atoms with Crippen molar-refractivity contribution < 1.29 is 9.53 Å². The molecule has 158 valence electrons. The third kappa shape index (κ3) is 8.11. The van der Waals surface area contributed by atoms with Gasteiger partial charge in [-0.05, 0) is 39.0 Å². The third-order valence-electron chi connectivity index (χ3n) is 5.34. The maximum Gasteiger partial charge on any atom is 0.243 e. The average Bonchev–Trinajstić information content (AvgIpc) is 2.98. The third-order valence-corrected chi connectivity index (χ3v) is 5.34. The van der Waals surface area contributed by atoms with Crippen molar-refractivity contribution in [2.24, 2.45) is 10.9 Å². The van der Waals surface area contributed by atoms with Crippen molar-refractivity contribution >= 4 is 35.8 Å². The van der Waals surface area contributed by atoms with Gasteiger partial charge in [-0.1, -0.05) is 6.92 Å². The van der Waals surface area contributed by atoms with Crippen LogP contribution < -0.4 is 10.6 Å². The number of nitrogens with one attached hydrogen (secondary N) is 2. The van der Waals surface area contributed by atoms with Crippen LogP contribution in [0.1, 0.15) is 40.0 Å². The lowest BCUT2D eigenvalue weighted by Crippen LogP contribution is -2.49. The highest BCUT2D eigenvalue weighted by molar-refractivity contribution is 14.0. The number of rotatable bonds is 6. The van der Waals surface area contributed by atoms with Crippen LogP contribution in [0.2, 0.25) is 0 Å². The van der Waals surface area contributed by atoms with Crippen LogP contribution in [0, 0.1) is 5.92 Å². The molecule has 2 aliphatic heterocycles. The van der Waals surface area contributed by atoms with Gasteiger partial charge in [0.05, 0.1) is 6.10 Å². The fraction of sp³-hybridized carbons (Fsp3) is 0.895. The molecule has 3 unspecified atom stereocenters. The number of guanidine groups is 1. The van der Waals surface area contributed by atoms with E-state index in [9.17, 15) is 4.79 Å². The van der Waals surface area contributed by atoms with Crippen LogP contribution >= 0.6 is 24.0 Å². The van der Waals surface area contributed by atoms with Crippen molar-refractivity contribution in [1.82, 2.24) is 20.4 Å². The van der Waals surface area contributed by atoms with Crippen molar-refractivity contribution in [2.75, 3.05) is 46.9 Å². The molecule has 2 heterocycles. The van der Waals surface area contributed by atoms with Gasteiger partial charge in [-0.25, -0.2) is 4.99 Å². The first kappa shape index (κ1) is 24.4. The lowest BCUT2D eigenvalue weighted by Gasteiger charge is -2.26. The fourth-order valence-corrected chi connectivity index (χ4v) is 3.41. The Labute approximate surface area is 181 Å². The molecular weight excluding hydrogens is 457 g/mol. The minimum atomic E-state index is 0. The van der Waals surface area contributed by atoms with Crippen LogP contribution in [0.25, 0.3) is 0 Å². The number of likely N-dealkylation sites (N-methyl/N-ethyl adjacent to an activating group) is 1. The molecule has 2 aliphatic rings. The Balaban J connectivity index is 0.00000364. The lowest BCUT2D eigenvalue weighted by molar-refractivity contribution is -0.127. The topological polar surface area (TPSA) is 69.2 Å². The average molecular weight is 495 g/mol. The molecule has 0 aliphatic carbocycles. The van der Waals surface area contributed by atoms with Gasteiger partial charge in [-0.2, -0.15) is 0 Å².